The fourth-order valence-electron chi connectivity index (χ4n) is 1.71. The number of halogens is 2. The first kappa shape index (κ1) is 16.3. The summed E-state index contributed by atoms with van der Waals surface area (Å²) in [6, 6.07) is 11.1. The van der Waals surface area contributed by atoms with Crippen molar-refractivity contribution in [1.82, 2.24) is 10.2 Å². The number of rotatable bonds is 4. The molecule has 0 bridgehead atoms. The smallest absolute Gasteiger partial charge is 0.286 e. The fourth-order valence-corrected chi connectivity index (χ4v) is 4.07. The van der Waals surface area contributed by atoms with E-state index >= 15 is 0 Å². The molecule has 116 valence electrons. The molecule has 2 aromatic heterocycles. The van der Waals surface area contributed by atoms with Gasteiger partial charge < -0.3 is 5.32 Å². The maximum atomic E-state index is 12.1. The lowest BCUT2D eigenvalue weighted by Crippen LogP contribution is -2.11. The third-order valence-corrected chi connectivity index (χ3v) is 5.71. The highest BCUT2D eigenvalue weighted by atomic mass is 79.9. The zero-order valence-corrected chi connectivity index (χ0v) is 15.5. The standard InChI is InChI=1S/C15H9BrClN3OS2/c16-9-6-11(22-8-9)7-12(17)14-19-20-15(23-14)13(21)18-10-4-2-1-3-5-10/h1-8H,(H,18,21)/b12-7-. The number of carbonyl (C=O) groups excluding carboxylic acids is 1. The number of amides is 1. The van der Waals surface area contributed by atoms with Crippen LogP contribution in [0.15, 0.2) is 46.3 Å². The van der Waals surface area contributed by atoms with E-state index in [0.717, 1.165) is 20.7 Å². The molecule has 1 N–H and O–H groups in total. The molecule has 1 aromatic carbocycles. The fraction of sp³-hybridized carbons (Fsp3) is 0. The predicted molar refractivity (Wildman–Crippen MR) is 100 cm³/mol. The van der Waals surface area contributed by atoms with Crippen molar-refractivity contribution in [2.45, 2.75) is 0 Å². The highest BCUT2D eigenvalue weighted by Crippen LogP contribution is 2.29. The Kier molecular flexibility index (Phi) is 5.22. The van der Waals surface area contributed by atoms with Crippen LogP contribution in [0.25, 0.3) is 11.1 Å². The first-order chi connectivity index (χ1) is 11.1. The van der Waals surface area contributed by atoms with E-state index in [-0.39, 0.29) is 10.9 Å². The Morgan fingerprint density at radius 1 is 1.22 bits per heavy atom. The minimum atomic E-state index is -0.303. The van der Waals surface area contributed by atoms with Gasteiger partial charge in [0.15, 0.2) is 5.01 Å². The summed E-state index contributed by atoms with van der Waals surface area (Å²) in [5.74, 6) is -0.303. The van der Waals surface area contributed by atoms with Gasteiger partial charge in [-0.2, -0.15) is 0 Å². The molecule has 0 aliphatic rings. The second-order valence-electron chi connectivity index (χ2n) is 4.39. The van der Waals surface area contributed by atoms with Crippen LogP contribution in [0.1, 0.15) is 19.7 Å². The summed E-state index contributed by atoms with van der Waals surface area (Å²) in [5, 5.41) is 13.8. The zero-order chi connectivity index (χ0) is 16.2. The molecule has 0 aliphatic carbocycles. The minimum Gasteiger partial charge on any atom is -0.320 e. The van der Waals surface area contributed by atoms with Crippen molar-refractivity contribution in [3.8, 4) is 0 Å². The van der Waals surface area contributed by atoms with Gasteiger partial charge in [-0.25, -0.2) is 0 Å². The van der Waals surface area contributed by atoms with Gasteiger partial charge in [-0.1, -0.05) is 41.1 Å². The van der Waals surface area contributed by atoms with Crippen molar-refractivity contribution in [1.29, 1.82) is 0 Å². The van der Waals surface area contributed by atoms with Gasteiger partial charge in [-0.05, 0) is 40.2 Å². The van der Waals surface area contributed by atoms with Crippen LogP contribution in [0.5, 0.6) is 0 Å². The molecule has 0 radical (unpaired) electrons. The molecule has 0 saturated carbocycles. The molecule has 2 heterocycles. The summed E-state index contributed by atoms with van der Waals surface area (Å²) in [7, 11) is 0. The second kappa shape index (κ2) is 7.35. The van der Waals surface area contributed by atoms with Crippen LogP contribution in [0.4, 0.5) is 5.69 Å². The van der Waals surface area contributed by atoms with Crippen LogP contribution in [-0.2, 0) is 0 Å². The monoisotopic (exact) mass is 425 g/mol. The Morgan fingerprint density at radius 2 is 1.96 bits per heavy atom. The largest absolute Gasteiger partial charge is 0.320 e. The number of hydrogen-bond acceptors (Lipinski definition) is 5. The molecule has 8 heteroatoms. The molecule has 0 atom stereocenters. The van der Waals surface area contributed by atoms with Crippen molar-refractivity contribution in [2.24, 2.45) is 0 Å². The molecule has 0 aliphatic heterocycles. The van der Waals surface area contributed by atoms with Gasteiger partial charge >= 0.3 is 0 Å². The average Bonchev–Trinajstić information content (AvgIpc) is 3.17. The van der Waals surface area contributed by atoms with Gasteiger partial charge in [0.1, 0.15) is 0 Å². The molecule has 3 rings (SSSR count). The summed E-state index contributed by atoms with van der Waals surface area (Å²) >= 11 is 12.4. The Labute approximate surface area is 154 Å². The van der Waals surface area contributed by atoms with Gasteiger partial charge in [0.05, 0.1) is 5.03 Å². The lowest BCUT2D eigenvalue weighted by Gasteiger charge is -2.00. The van der Waals surface area contributed by atoms with Crippen molar-refractivity contribution < 1.29 is 4.79 Å². The van der Waals surface area contributed by atoms with Crippen LogP contribution in [0, 0.1) is 0 Å². The van der Waals surface area contributed by atoms with Crippen molar-refractivity contribution in [3.05, 3.63) is 61.1 Å². The van der Waals surface area contributed by atoms with E-state index < -0.39 is 0 Å². The van der Waals surface area contributed by atoms with Crippen LogP contribution >= 0.6 is 50.2 Å². The van der Waals surface area contributed by atoms with E-state index in [1.807, 2.05) is 29.6 Å². The first-order valence-electron chi connectivity index (χ1n) is 6.43. The highest BCUT2D eigenvalue weighted by molar-refractivity contribution is 9.10. The van der Waals surface area contributed by atoms with E-state index in [2.05, 4.69) is 31.4 Å². The topological polar surface area (TPSA) is 54.9 Å². The van der Waals surface area contributed by atoms with Gasteiger partial charge in [0, 0.05) is 20.4 Å². The number of thiophene rings is 1. The van der Waals surface area contributed by atoms with Gasteiger partial charge in [-0.15, -0.1) is 21.5 Å². The lowest BCUT2D eigenvalue weighted by atomic mass is 10.3. The van der Waals surface area contributed by atoms with E-state index in [4.69, 9.17) is 11.6 Å². The number of anilines is 1. The number of carbonyl (C=O) groups is 1. The molecule has 1 amide bonds. The highest BCUT2D eigenvalue weighted by Gasteiger charge is 2.14. The summed E-state index contributed by atoms with van der Waals surface area (Å²) in [6.45, 7) is 0. The number of aromatic nitrogens is 2. The Morgan fingerprint density at radius 3 is 2.65 bits per heavy atom. The van der Waals surface area contributed by atoms with Crippen LogP contribution in [0.2, 0.25) is 0 Å². The molecule has 0 spiro atoms. The SMILES string of the molecule is O=C(Nc1ccccc1)c1nnc(/C(Cl)=C/c2cc(Br)cs2)s1. The molecule has 0 fully saturated rings. The zero-order valence-electron chi connectivity index (χ0n) is 11.5. The van der Waals surface area contributed by atoms with Gasteiger partial charge in [0.25, 0.3) is 5.91 Å². The lowest BCUT2D eigenvalue weighted by molar-refractivity contribution is 0.102. The average molecular weight is 427 g/mol. The molecule has 0 saturated heterocycles. The third kappa shape index (κ3) is 4.26. The maximum Gasteiger partial charge on any atom is 0.286 e. The Hall–Kier alpha value is -1.54. The Balaban J connectivity index is 1.75. The van der Waals surface area contributed by atoms with Crippen LogP contribution < -0.4 is 5.32 Å². The maximum absolute atomic E-state index is 12.1. The molecular formula is C15H9BrClN3OS2. The second-order valence-corrected chi connectivity index (χ2v) is 7.64. The number of hydrogen-bond donors (Lipinski definition) is 1. The van der Waals surface area contributed by atoms with Crippen LogP contribution in [-0.4, -0.2) is 16.1 Å². The molecular weight excluding hydrogens is 418 g/mol. The summed E-state index contributed by atoms with van der Waals surface area (Å²) in [5.41, 5.74) is 0.708. The normalized spacial score (nSPS) is 11.5. The quantitative estimate of drug-likeness (QED) is 0.611. The first-order valence-corrected chi connectivity index (χ1v) is 9.30. The van der Waals surface area contributed by atoms with Gasteiger partial charge in [-0.3, -0.25) is 4.79 Å². The summed E-state index contributed by atoms with van der Waals surface area (Å²) < 4.78 is 0.999. The van der Waals surface area contributed by atoms with Crippen LogP contribution in [0.3, 0.4) is 0 Å². The summed E-state index contributed by atoms with van der Waals surface area (Å²) in [6.07, 6.45) is 1.80. The predicted octanol–water partition coefficient (Wildman–Crippen LogP) is 5.35. The van der Waals surface area contributed by atoms with Crippen molar-refractivity contribution in [2.75, 3.05) is 5.32 Å². The van der Waals surface area contributed by atoms with Crippen molar-refractivity contribution in [3.63, 3.8) is 0 Å². The molecule has 3 aromatic rings. The number of para-hydroxylation sites is 1. The Bertz CT molecular complexity index is 861. The van der Waals surface area contributed by atoms with E-state index in [9.17, 15) is 4.79 Å². The number of nitrogens with zero attached hydrogens (tertiary/aromatic N) is 2. The van der Waals surface area contributed by atoms with Crippen molar-refractivity contribution >= 4 is 72.9 Å². The molecule has 0 unspecified atom stereocenters. The minimum absolute atomic E-state index is 0.266. The molecule has 23 heavy (non-hydrogen) atoms. The van der Waals surface area contributed by atoms with E-state index in [1.165, 1.54) is 0 Å². The third-order valence-electron chi connectivity index (χ3n) is 2.71. The number of nitrogens with one attached hydrogen (secondary N) is 1. The van der Waals surface area contributed by atoms with E-state index in [1.54, 1.807) is 29.5 Å². The molecule has 4 nitrogen and oxygen atoms in total. The summed E-state index contributed by atoms with van der Waals surface area (Å²) in [4.78, 5) is 13.1. The van der Waals surface area contributed by atoms with Gasteiger partial charge in [0.2, 0.25) is 5.01 Å². The van der Waals surface area contributed by atoms with E-state index in [0.29, 0.717) is 15.7 Å². The number of benzene rings is 1.